The molecule has 0 aliphatic carbocycles. The van der Waals surface area contributed by atoms with Crippen molar-refractivity contribution in [2.75, 3.05) is 42.7 Å². The van der Waals surface area contributed by atoms with Crippen LogP contribution in [0.4, 0.5) is 0 Å². The van der Waals surface area contributed by atoms with Crippen LogP contribution in [0.3, 0.4) is 0 Å². The number of carbonyl (C=O) groups is 2. The van der Waals surface area contributed by atoms with Crippen molar-refractivity contribution >= 4 is 11.9 Å². The van der Waals surface area contributed by atoms with Gasteiger partial charge in [-0.3, -0.25) is 9.59 Å². The first-order valence-corrected chi connectivity index (χ1v) is 8.97. The van der Waals surface area contributed by atoms with E-state index in [1.54, 1.807) is 64.8 Å². The van der Waals surface area contributed by atoms with Crippen LogP contribution in [0.25, 0.3) is 0 Å². The van der Waals surface area contributed by atoms with Crippen LogP contribution in [0.2, 0.25) is 0 Å². The van der Waals surface area contributed by atoms with Crippen molar-refractivity contribution in [1.82, 2.24) is 0 Å². The van der Waals surface area contributed by atoms with Crippen LogP contribution >= 0.6 is 0 Å². The van der Waals surface area contributed by atoms with E-state index >= 15 is 0 Å². The third kappa shape index (κ3) is 7.54. The Hall–Kier alpha value is -3.42. The summed E-state index contributed by atoms with van der Waals surface area (Å²) in [5.74, 6) is 2.05. The third-order valence-corrected chi connectivity index (χ3v) is 4.11. The molecule has 0 saturated heterocycles. The van der Waals surface area contributed by atoms with Crippen LogP contribution in [-0.2, 0) is 31.9 Å². The molecular formula is C22H28O8. The zero-order chi connectivity index (χ0) is 22.5. The van der Waals surface area contributed by atoms with Crippen molar-refractivity contribution in [2.24, 2.45) is 0 Å². The molecule has 0 fully saturated rings. The largest absolute Gasteiger partial charge is 0.497 e. The molecule has 0 heterocycles. The van der Waals surface area contributed by atoms with E-state index in [0.29, 0.717) is 23.0 Å². The predicted octanol–water partition coefficient (Wildman–Crippen LogP) is 2.84. The molecule has 0 aliphatic heterocycles. The van der Waals surface area contributed by atoms with Crippen LogP contribution in [-0.4, -0.2) is 54.6 Å². The molecule has 2 aromatic rings. The summed E-state index contributed by atoms with van der Waals surface area (Å²) in [6.07, 6.45) is 0.396. The van der Waals surface area contributed by atoms with Crippen molar-refractivity contribution in [3.63, 3.8) is 0 Å². The third-order valence-electron chi connectivity index (χ3n) is 4.11. The fourth-order valence-electron chi connectivity index (χ4n) is 2.45. The summed E-state index contributed by atoms with van der Waals surface area (Å²) >= 11 is 0. The highest BCUT2D eigenvalue weighted by molar-refractivity contribution is 5.74. The topological polar surface area (TPSA) is 89.5 Å². The maximum atomic E-state index is 11.1. The summed E-state index contributed by atoms with van der Waals surface area (Å²) in [6.45, 7) is 0. The van der Waals surface area contributed by atoms with Crippen LogP contribution in [0.15, 0.2) is 36.4 Å². The van der Waals surface area contributed by atoms with Crippen LogP contribution < -0.4 is 18.9 Å². The van der Waals surface area contributed by atoms with Crippen molar-refractivity contribution in [2.45, 2.75) is 12.8 Å². The number of rotatable bonds is 8. The summed E-state index contributed by atoms with van der Waals surface area (Å²) in [5.41, 5.74) is 1.57. The standard InChI is InChI=1S/2C11H14O4/c2*1-13-9-5-4-8(6-11(12)15-3)10(7-9)14-2/h2*4-5,7H,6H2,1-3H3. The lowest BCUT2D eigenvalue weighted by atomic mass is 10.1. The van der Waals surface area contributed by atoms with Gasteiger partial charge in [-0.1, -0.05) is 12.1 Å². The fourth-order valence-corrected chi connectivity index (χ4v) is 2.45. The van der Waals surface area contributed by atoms with Gasteiger partial charge in [0.05, 0.1) is 55.5 Å². The highest BCUT2D eigenvalue weighted by Gasteiger charge is 2.10. The molecule has 0 spiro atoms. The Labute approximate surface area is 176 Å². The second kappa shape index (κ2) is 12.9. The molecule has 8 nitrogen and oxygen atoms in total. The number of esters is 2. The minimum atomic E-state index is -0.293. The SMILES string of the molecule is COC(=O)Cc1ccc(OC)cc1OC.COC(=O)Cc1ccc(OC)cc1OC. The van der Waals surface area contributed by atoms with Crippen molar-refractivity contribution in [3.05, 3.63) is 47.5 Å². The van der Waals surface area contributed by atoms with E-state index in [1.807, 2.05) is 0 Å². The summed E-state index contributed by atoms with van der Waals surface area (Å²) in [6, 6.07) is 10.6. The number of ether oxygens (including phenoxy) is 6. The monoisotopic (exact) mass is 420 g/mol. The molecule has 0 bridgehead atoms. The number of carbonyl (C=O) groups excluding carboxylic acids is 2. The predicted molar refractivity (Wildman–Crippen MR) is 111 cm³/mol. The Balaban J connectivity index is 0.000000300. The Morgan fingerprint density at radius 2 is 0.967 bits per heavy atom. The lowest BCUT2D eigenvalue weighted by molar-refractivity contribution is -0.140. The van der Waals surface area contributed by atoms with E-state index in [1.165, 1.54) is 14.2 Å². The quantitative estimate of drug-likeness (QED) is 0.603. The molecule has 2 rings (SSSR count). The fraction of sp³-hybridized carbons (Fsp3) is 0.364. The van der Waals surface area contributed by atoms with Crippen LogP contribution in [0.5, 0.6) is 23.0 Å². The van der Waals surface area contributed by atoms with Crippen molar-refractivity contribution < 1.29 is 38.0 Å². The molecule has 0 amide bonds. The van der Waals surface area contributed by atoms with Gasteiger partial charge in [-0.05, 0) is 12.1 Å². The zero-order valence-corrected chi connectivity index (χ0v) is 18.1. The number of hydrogen-bond acceptors (Lipinski definition) is 8. The number of hydrogen-bond donors (Lipinski definition) is 0. The maximum Gasteiger partial charge on any atom is 0.310 e. The van der Waals surface area contributed by atoms with E-state index in [-0.39, 0.29) is 24.8 Å². The second-order valence-electron chi connectivity index (χ2n) is 5.86. The first-order valence-electron chi connectivity index (χ1n) is 8.97. The summed E-state index contributed by atoms with van der Waals surface area (Å²) < 4.78 is 29.6. The van der Waals surface area contributed by atoms with Gasteiger partial charge in [-0.15, -0.1) is 0 Å². The van der Waals surface area contributed by atoms with Gasteiger partial charge in [-0.25, -0.2) is 0 Å². The van der Waals surface area contributed by atoms with Gasteiger partial charge in [0.2, 0.25) is 0 Å². The lowest BCUT2D eigenvalue weighted by Crippen LogP contribution is -2.05. The minimum Gasteiger partial charge on any atom is -0.497 e. The normalized spacial score (nSPS) is 9.53. The Bertz CT molecular complexity index is 762. The van der Waals surface area contributed by atoms with Gasteiger partial charge in [0.15, 0.2) is 0 Å². The molecule has 2 aromatic carbocycles. The molecule has 0 atom stereocenters. The average molecular weight is 420 g/mol. The molecule has 8 heteroatoms. The average Bonchev–Trinajstić information content (AvgIpc) is 2.79. The van der Waals surface area contributed by atoms with Gasteiger partial charge in [0.1, 0.15) is 23.0 Å². The van der Waals surface area contributed by atoms with Gasteiger partial charge >= 0.3 is 11.9 Å². The van der Waals surface area contributed by atoms with Gasteiger partial charge in [0.25, 0.3) is 0 Å². The molecular weight excluding hydrogens is 392 g/mol. The van der Waals surface area contributed by atoms with Crippen LogP contribution in [0.1, 0.15) is 11.1 Å². The Kier molecular flexibility index (Phi) is 10.6. The summed E-state index contributed by atoms with van der Waals surface area (Å²) in [4.78, 5) is 22.2. The first-order chi connectivity index (χ1) is 14.4. The highest BCUT2D eigenvalue weighted by Crippen LogP contribution is 2.26. The zero-order valence-electron chi connectivity index (χ0n) is 18.1. The van der Waals surface area contributed by atoms with Gasteiger partial charge in [0, 0.05) is 23.3 Å². The van der Waals surface area contributed by atoms with E-state index in [0.717, 1.165) is 11.1 Å². The Morgan fingerprint density at radius 3 is 1.23 bits per heavy atom. The van der Waals surface area contributed by atoms with Crippen molar-refractivity contribution in [3.8, 4) is 23.0 Å². The van der Waals surface area contributed by atoms with E-state index in [9.17, 15) is 9.59 Å². The summed E-state index contributed by atoms with van der Waals surface area (Å²) in [7, 11) is 8.98. The number of methoxy groups -OCH3 is 6. The summed E-state index contributed by atoms with van der Waals surface area (Å²) in [5, 5.41) is 0. The molecule has 0 radical (unpaired) electrons. The van der Waals surface area contributed by atoms with E-state index in [2.05, 4.69) is 9.47 Å². The lowest BCUT2D eigenvalue weighted by Gasteiger charge is -2.09. The Morgan fingerprint density at radius 1 is 0.600 bits per heavy atom. The maximum absolute atomic E-state index is 11.1. The smallest absolute Gasteiger partial charge is 0.310 e. The molecule has 0 saturated carbocycles. The molecule has 0 unspecified atom stereocenters. The van der Waals surface area contributed by atoms with Gasteiger partial charge < -0.3 is 28.4 Å². The molecule has 30 heavy (non-hydrogen) atoms. The number of benzene rings is 2. The first kappa shape index (κ1) is 24.6. The van der Waals surface area contributed by atoms with E-state index in [4.69, 9.17) is 18.9 Å². The van der Waals surface area contributed by atoms with E-state index < -0.39 is 0 Å². The molecule has 164 valence electrons. The van der Waals surface area contributed by atoms with Gasteiger partial charge in [-0.2, -0.15) is 0 Å². The minimum absolute atomic E-state index is 0.198. The molecule has 0 N–H and O–H groups in total. The van der Waals surface area contributed by atoms with Crippen molar-refractivity contribution in [1.29, 1.82) is 0 Å². The second-order valence-corrected chi connectivity index (χ2v) is 5.86. The van der Waals surface area contributed by atoms with Crippen LogP contribution in [0, 0.1) is 0 Å². The highest BCUT2D eigenvalue weighted by atomic mass is 16.5. The molecule has 0 aromatic heterocycles. The molecule has 0 aliphatic rings.